The Hall–Kier alpha value is -3.24. The van der Waals surface area contributed by atoms with Gasteiger partial charge in [0.15, 0.2) is 5.11 Å². The van der Waals surface area contributed by atoms with E-state index < -0.39 is 10.8 Å². The number of carbonyl (C=O) groups is 1. The van der Waals surface area contributed by atoms with Gasteiger partial charge in [-0.2, -0.15) is 0 Å². The van der Waals surface area contributed by atoms with E-state index in [2.05, 4.69) is 5.43 Å². The minimum Gasteiger partial charge on any atom is -0.489 e. The molecule has 0 aromatic heterocycles. The molecule has 0 atom stereocenters. The Labute approximate surface area is 160 Å². The molecule has 1 amide bonds. The van der Waals surface area contributed by atoms with E-state index in [1.807, 2.05) is 0 Å². The van der Waals surface area contributed by atoms with Crippen LogP contribution in [0, 0.1) is 10.1 Å². The maximum Gasteiger partial charge on any atom is 0.270 e. The summed E-state index contributed by atoms with van der Waals surface area (Å²) < 4.78 is 10.6. The van der Waals surface area contributed by atoms with Crippen LogP contribution >= 0.6 is 12.2 Å². The van der Waals surface area contributed by atoms with Crippen molar-refractivity contribution in [3.05, 3.63) is 64.2 Å². The van der Waals surface area contributed by atoms with Crippen LogP contribution in [0.2, 0.25) is 0 Å². The third-order valence-corrected chi connectivity index (χ3v) is 3.61. The monoisotopic (exact) mass is 390 g/mol. The molecule has 142 valence electrons. The number of anilines is 1. The van der Waals surface area contributed by atoms with Crippen LogP contribution in [0.25, 0.3) is 0 Å². The van der Waals surface area contributed by atoms with Crippen molar-refractivity contribution in [3.63, 3.8) is 0 Å². The first-order chi connectivity index (χ1) is 12.9. The van der Waals surface area contributed by atoms with Crippen LogP contribution in [-0.4, -0.2) is 36.3 Å². The molecule has 2 aromatic rings. The Kier molecular flexibility index (Phi) is 7.03. The number of para-hydroxylation sites is 2. The lowest BCUT2D eigenvalue weighted by Gasteiger charge is -2.25. The molecule has 0 aliphatic carbocycles. The first kappa shape index (κ1) is 20.1. The van der Waals surface area contributed by atoms with Crippen LogP contribution in [0.1, 0.15) is 10.4 Å². The fourth-order valence-electron chi connectivity index (χ4n) is 2.13. The van der Waals surface area contributed by atoms with Crippen LogP contribution < -0.4 is 20.9 Å². The summed E-state index contributed by atoms with van der Waals surface area (Å²) in [6.07, 6.45) is 0. The second-order valence-corrected chi connectivity index (χ2v) is 5.65. The zero-order valence-corrected chi connectivity index (χ0v) is 15.3. The number of hydrogen-bond acceptors (Lipinski definition) is 6. The van der Waals surface area contributed by atoms with Gasteiger partial charge in [-0.3, -0.25) is 20.3 Å². The summed E-state index contributed by atoms with van der Waals surface area (Å²) in [4.78, 5) is 22.7. The maximum absolute atomic E-state index is 12.5. The van der Waals surface area contributed by atoms with Gasteiger partial charge in [-0.05, 0) is 36.5 Å². The third kappa shape index (κ3) is 5.36. The van der Waals surface area contributed by atoms with Gasteiger partial charge >= 0.3 is 0 Å². The van der Waals surface area contributed by atoms with Crippen molar-refractivity contribution >= 4 is 34.6 Å². The molecule has 2 rings (SSSR count). The Morgan fingerprint density at radius 2 is 1.89 bits per heavy atom. The minimum absolute atomic E-state index is 0.104. The number of rotatable bonds is 7. The summed E-state index contributed by atoms with van der Waals surface area (Å²) in [6.45, 7) is 0.686. The van der Waals surface area contributed by atoms with Crippen LogP contribution in [-0.2, 0) is 4.74 Å². The van der Waals surface area contributed by atoms with E-state index in [9.17, 15) is 14.9 Å². The zero-order valence-electron chi connectivity index (χ0n) is 14.5. The highest BCUT2D eigenvalue weighted by atomic mass is 32.1. The molecule has 0 bridgehead atoms. The summed E-state index contributed by atoms with van der Waals surface area (Å²) >= 11 is 5.04. The Bertz CT molecular complexity index is 828. The Balaban J connectivity index is 2.21. The molecule has 27 heavy (non-hydrogen) atoms. The summed E-state index contributed by atoms with van der Waals surface area (Å²) in [5, 5.41) is 11.8. The van der Waals surface area contributed by atoms with E-state index in [-0.39, 0.29) is 16.4 Å². The number of ether oxygens (including phenoxy) is 2. The number of non-ortho nitro benzene ring substituents is 1. The van der Waals surface area contributed by atoms with Gasteiger partial charge in [0.2, 0.25) is 0 Å². The molecule has 0 heterocycles. The van der Waals surface area contributed by atoms with Crippen LogP contribution in [0.3, 0.4) is 0 Å². The van der Waals surface area contributed by atoms with Gasteiger partial charge in [-0.15, -0.1) is 0 Å². The molecule has 0 unspecified atom stereocenters. The van der Waals surface area contributed by atoms with Crippen molar-refractivity contribution in [1.29, 1.82) is 0 Å². The van der Waals surface area contributed by atoms with Crippen LogP contribution in [0.15, 0.2) is 48.5 Å². The fraction of sp³-hybridized carbons (Fsp3) is 0.176. The van der Waals surface area contributed by atoms with E-state index in [0.717, 1.165) is 0 Å². The van der Waals surface area contributed by atoms with Gasteiger partial charge < -0.3 is 15.2 Å². The lowest BCUT2D eigenvalue weighted by Crippen LogP contribution is -2.49. The van der Waals surface area contributed by atoms with Crippen molar-refractivity contribution in [2.24, 2.45) is 5.73 Å². The molecule has 0 aliphatic rings. The molecule has 0 aliphatic heterocycles. The van der Waals surface area contributed by atoms with Crippen molar-refractivity contribution in [2.45, 2.75) is 0 Å². The topological polar surface area (TPSA) is 120 Å². The third-order valence-electron chi connectivity index (χ3n) is 3.43. The first-order valence-electron chi connectivity index (χ1n) is 7.79. The highest BCUT2D eigenvalue weighted by Gasteiger charge is 2.19. The van der Waals surface area contributed by atoms with Crippen molar-refractivity contribution < 1.29 is 19.2 Å². The van der Waals surface area contributed by atoms with Gasteiger partial charge in [0.1, 0.15) is 18.0 Å². The average Bonchev–Trinajstić information content (AvgIpc) is 2.66. The van der Waals surface area contributed by atoms with Crippen molar-refractivity contribution in [1.82, 2.24) is 5.43 Å². The van der Waals surface area contributed by atoms with Gasteiger partial charge in [0.05, 0.1) is 11.5 Å². The number of thiocarbonyl (C=S) groups is 1. The Morgan fingerprint density at radius 1 is 1.22 bits per heavy atom. The predicted octanol–water partition coefficient (Wildman–Crippen LogP) is 2.02. The minimum atomic E-state index is -0.545. The van der Waals surface area contributed by atoms with Crippen LogP contribution in [0.5, 0.6) is 5.75 Å². The summed E-state index contributed by atoms with van der Waals surface area (Å²) in [5.74, 6) is -0.0873. The van der Waals surface area contributed by atoms with Crippen molar-refractivity contribution in [2.75, 3.05) is 25.3 Å². The molecule has 0 fully saturated rings. The SMILES string of the molecule is COCCOc1ccccc1N(NC(=O)c1ccc([N+](=O)[O-])cc1)C(N)=S. The number of methoxy groups -OCH3 is 1. The van der Waals surface area contributed by atoms with Gasteiger partial charge in [0.25, 0.3) is 11.6 Å². The molecule has 0 saturated carbocycles. The number of nitro benzene ring substituents is 1. The standard InChI is InChI=1S/C17H18N4O5S/c1-25-10-11-26-15-5-3-2-4-14(15)20(17(18)27)19-16(22)12-6-8-13(9-7-12)21(23)24/h2-9H,10-11H2,1H3,(H2,18,27)(H,19,22). The number of carbonyl (C=O) groups excluding carboxylic acids is 1. The largest absolute Gasteiger partial charge is 0.489 e. The van der Waals surface area contributed by atoms with E-state index in [1.165, 1.54) is 29.3 Å². The zero-order chi connectivity index (χ0) is 19.8. The van der Waals surface area contributed by atoms with E-state index in [1.54, 1.807) is 31.4 Å². The average molecular weight is 390 g/mol. The molecule has 0 saturated heterocycles. The quantitative estimate of drug-likeness (QED) is 0.319. The second-order valence-electron chi connectivity index (χ2n) is 5.23. The summed E-state index contributed by atoms with van der Waals surface area (Å²) in [6, 6.07) is 12.0. The molecule has 10 heteroatoms. The molecule has 0 radical (unpaired) electrons. The maximum atomic E-state index is 12.5. The van der Waals surface area contributed by atoms with E-state index in [0.29, 0.717) is 24.7 Å². The first-order valence-corrected chi connectivity index (χ1v) is 8.20. The number of nitrogens with two attached hydrogens (primary N) is 1. The molecule has 9 nitrogen and oxygen atoms in total. The van der Waals surface area contributed by atoms with Crippen molar-refractivity contribution in [3.8, 4) is 5.75 Å². The number of nitrogens with zero attached hydrogens (tertiary/aromatic N) is 2. The van der Waals surface area contributed by atoms with Gasteiger partial charge in [0, 0.05) is 24.8 Å². The molecule has 2 aromatic carbocycles. The van der Waals surface area contributed by atoms with E-state index >= 15 is 0 Å². The number of amides is 1. The summed E-state index contributed by atoms with van der Waals surface area (Å²) in [5.41, 5.74) is 8.86. The highest BCUT2D eigenvalue weighted by molar-refractivity contribution is 7.80. The predicted molar refractivity (Wildman–Crippen MR) is 104 cm³/mol. The van der Waals surface area contributed by atoms with Gasteiger partial charge in [-0.25, -0.2) is 5.01 Å². The Morgan fingerprint density at radius 3 is 2.48 bits per heavy atom. The molecular weight excluding hydrogens is 372 g/mol. The number of benzene rings is 2. The number of hydrogen-bond donors (Lipinski definition) is 2. The second kappa shape index (κ2) is 9.46. The smallest absolute Gasteiger partial charge is 0.270 e. The lowest BCUT2D eigenvalue weighted by molar-refractivity contribution is -0.384. The number of nitro groups is 1. The molecular formula is C17H18N4O5S. The summed E-state index contributed by atoms with van der Waals surface area (Å²) in [7, 11) is 1.56. The fourth-order valence-corrected chi connectivity index (χ4v) is 2.28. The normalized spacial score (nSPS) is 10.1. The van der Waals surface area contributed by atoms with E-state index in [4.69, 9.17) is 27.4 Å². The van der Waals surface area contributed by atoms with Gasteiger partial charge in [-0.1, -0.05) is 12.1 Å². The van der Waals surface area contributed by atoms with Crippen LogP contribution in [0.4, 0.5) is 11.4 Å². The molecule has 0 spiro atoms. The number of hydrazine groups is 1. The highest BCUT2D eigenvalue weighted by Crippen LogP contribution is 2.27. The number of nitrogens with one attached hydrogen (secondary N) is 1. The molecule has 3 N–H and O–H groups in total. The lowest BCUT2D eigenvalue weighted by atomic mass is 10.2.